The number of anilines is 1. The van der Waals surface area contributed by atoms with Gasteiger partial charge in [0.05, 0.1) is 12.7 Å². The van der Waals surface area contributed by atoms with Crippen LogP contribution in [0.4, 0.5) is 10.6 Å². The molecule has 0 atom stereocenters. The van der Waals surface area contributed by atoms with Crippen LogP contribution in [0.25, 0.3) is 0 Å². The molecule has 2 fully saturated rings. The molecule has 1 saturated carbocycles. The van der Waals surface area contributed by atoms with E-state index in [0.29, 0.717) is 12.4 Å². The van der Waals surface area contributed by atoms with Crippen molar-refractivity contribution in [1.82, 2.24) is 24.8 Å². The molecule has 7 heteroatoms. The number of urea groups is 1. The van der Waals surface area contributed by atoms with Crippen molar-refractivity contribution in [2.75, 3.05) is 31.5 Å². The molecule has 4 rings (SSSR count). The molecule has 1 aliphatic carbocycles. The zero-order chi connectivity index (χ0) is 16.4. The SMILES string of the molecule is O=C(Nc1cn(Cc2ccccc2)nn1)N1CCN(C2CC2)CC1. The fourth-order valence-corrected chi connectivity index (χ4v) is 3.12. The highest BCUT2D eigenvalue weighted by atomic mass is 16.2. The fourth-order valence-electron chi connectivity index (χ4n) is 3.12. The van der Waals surface area contributed by atoms with Crippen LogP contribution in [0.1, 0.15) is 18.4 Å². The molecule has 7 nitrogen and oxygen atoms in total. The predicted octanol–water partition coefficient (Wildman–Crippen LogP) is 1.64. The number of hydrogen-bond donors (Lipinski definition) is 1. The van der Waals surface area contributed by atoms with E-state index in [4.69, 9.17) is 0 Å². The molecule has 1 aromatic heterocycles. The topological polar surface area (TPSA) is 66.3 Å². The lowest BCUT2D eigenvalue weighted by atomic mass is 10.2. The number of carbonyl (C=O) groups is 1. The molecule has 1 saturated heterocycles. The first kappa shape index (κ1) is 15.1. The van der Waals surface area contributed by atoms with Gasteiger partial charge in [-0.3, -0.25) is 10.2 Å². The first-order valence-electron chi connectivity index (χ1n) is 8.52. The van der Waals surface area contributed by atoms with Crippen molar-refractivity contribution in [3.05, 3.63) is 42.1 Å². The molecule has 1 N–H and O–H groups in total. The predicted molar refractivity (Wildman–Crippen MR) is 90.8 cm³/mol. The summed E-state index contributed by atoms with van der Waals surface area (Å²) in [4.78, 5) is 16.7. The van der Waals surface area contributed by atoms with Crippen molar-refractivity contribution in [3.8, 4) is 0 Å². The normalized spacial score (nSPS) is 18.6. The zero-order valence-electron chi connectivity index (χ0n) is 13.6. The van der Waals surface area contributed by atoms with E-state index in [-0.39, 0.29) is 6.03 Å². The van der Waals surface area contributed by atoms with E-state index in [1.807, 2.05) is 35.2 Å². The van der Waals surface area contributed by atoms with Crippen molar-refractivity contribution in [2.24, 2.45) is 0 Å². The second-order valence-electron chi connectivity index (χ2n) is 6.47. The summed E-state index contributed by atoms with van der Waals surface area (Å²) in [5.41, 5.74) is 1.15. The van der Waals surface area contributed by atoms with Gasteiger partial charge in [-0.05, 0) is 18.4 Å². The van der Waals surface area contributed by atoms with Gasteiger partial charge in [0.1, 0.15) is 0 Å². The van der Waals surface area contributed by atoms with Gasteiger partial charge in [-0.2, -0.15) is 0 Å². The second-order valence-corrected chi connectivity index (χ2v) is 6.47. The molecule has 126 valence electrons. The van der Waals surface area contributed by atoms with E-state index >= 15 is 0 Å². The summed E-state index contributed by atoms with van der Waals surface area (Å²) in [5, 5.41) is 11.0. The van der Waals surface area contributed by atoms with Crippen LogP contribution >= 0.6 is 0 Å². The van der Waals surface area contributed by atoms with Crippen LogP contribution in [0.15, 0.2) is 36.5 Å². The van der Waals surface area contributed by atoms with Gasteiger partial charge < -0.3 is 4.90 Å². The Hall–Kier alpha value is -2.41. The zero-order valence-corrected chi connectivity index (χ0v) is 13.6. The van der Waals surface area contributed by atoms with E-state index in [1.54, 1.807) is 10.9 Å². The maximum absolute atomic E-state index is 12.3. The summed E-state index contributed by atoms with van der Waals surface area (Å²) >= 11 is 0. The van der Waals surface area contributed by atoms with Crippen LogP contribution in [0.3, 0.4) is 0 Å². The van der Waals surface area contributed by atoms with Crippen LogP contribution in [-0.4, -0.2) is 63.0 Å². The van der Waals surface area contributed by atoms with Crippen LogP contribution in [0, 0.1) is 0 Å². The summed E-state index contributed by atoms with van der Waals surface area (Å²) in [6.07, 6.45) is 4.40. The second kappa shape index (κ2) is 6.60. The summed E-state index contributed by atoms with van der Waals surface area (Å²) < 4.78 is 1.73. The average molecular weight is 326 g/mol. The first-order valence-corrected chi connectivity index (χ1v) is 8.52. The Morgan fingerprint density at radius 2 is 1.88 bits per heavy atom. The molecule has 2 heterocycles. The smallest absolute Gasteiger partial charge is 0.322 e. The van der Waals surface area contributed by atoms with E-state index in [1.165, 1.54) is 12.8 Å². The third-order valence-electron chi connectivity index (χ3n) is 4.63. The fraction of sp³-hybridized carbons (Fsp3) is 0.471. The summed E-state index contributed by atoms with van der Waals surface area (Å²) in [5.74, 6) is 0.501. The average Bonchev–Trinajstić information content (AvgIpc) is 3.38. The number of aromatic nitrogens is 3. The van der Waals surface area contributed by atoms with Crippen LogP contribution in [0.5, 0.6) is 0 Å². The summed E-state index contributed by atoms with van der Waals surface area (Å²) in [7, 11) is 0. The number of piperazine rings is 1. The van der Waals surface area contributed by atoms with Crippen molar-refractivity contribution >= 4 is 11.8 Å². The minimum Gasteiger partial charge on any atom is -0.322 e. The number of amides is 2. The van der Waals surface area contributed by atoms with Gasteiger partial charge in [0.2, 0.25) is 0 Å². The van der Waals surface area contributed by atoms with Crippen molar-refractivity contribution in [3.63, 3.8) is 0 Å². The lowest BCUT2D eigenvalue weighted by Crippen LogP contribution is -2.50. The lowest BCUT2D eigenvalue weighted by molar-refractivity contribution is 0.142. The minimum absolute atomic E-state index is 0.0859. The van der Waals surface area contributed by atoms with E-state index in [0.717, 1.165) is 37.8 Å². The standard InChI is InChI=1S/C17H22N6O/c24-17(22-10-8-21(9-11-22)15-6-7-15)18-16-13-23(20-19-16)12-14-4-2-1-3-5-14/h1-5,13,15H,6-12H2,(H,18,24). The minimum atomic E-state index is -0.0859. The lowest BCUT2D eigenvalue weighted by Gasteiger charge is -2.34. The Morgan fingerprint density at radius 3 is 2.58 bits per heavy atom. The largest absolute Gasteiger partial charge is 0.323 e. The molecule has 1 aliphatic heterocycles. The number of benzene rings is 1. The highest BCUT2D eigenvalue weighted by molar-refractivity contribution is 5.88. The maximum atomic E-state index is 12.3. The van der Waals surface area contributed by atoms with Gasteiger partial charge in [0.15, 0.2) is 5.82 Å². The van der Waals surface area contributed by atoms with Crippen molar-refractivity contribution < 1.29 is 4.79 Å². The van der Waals surface area contributed by atoms with Crippen LogP contribution < -0.4 is 5.32 Å². The van der Waals surface area contributed by atoms with Crippen LogP contribution in [-0.2, 0) is 6.54 Å². The van der Waals surface area contributed by atoms with E-state index < -0.39 is 0 Å². The molecule has 2 aromatic rings. The highest BCUT2D eigenvalue weighted by Gasteiger charge is 2.32. The Balaban J connectivity index is 1.30. The quantitative estimate of drug-likeness (QED) is 0.927. The number of hydrogen-bond acceptors (Lipinski definition) is 4. The van der Waals surface area contributed by atoms with E-state index in [9.17, 15) is 4.79 Å². The number of nitrogens with zero attached hydrogens (tertiary/aromatic N) is 5. The summed E-state index contributed by atoms with van der Waals surface area (Å²) in [6.45, 7) is 4.14. The monoisotopic (exact) mass is 326 g/mol. The molecule has 0 unspecified atom stereocenters. The summed E-state index contributed by atoms with van der Waals surface area (Å²) in [6, 6.07) is 10.7. The van der Waals surface area contributed by atoms with Crippen LogP contribution in [0.2, 0.25) is 0 Å². The molecular weight excluding hydrogens is 304 g/mol. The maximum Gasteiger partial charge on any atom is 0.323 e. The third-order valence-corrected chi connectivity index (χ3v) is 4.63. The first-order chi connectivity index (χ1) is 11.8. The highest BCUT2D eigenvalue weighted by Crippen LogP contribution is 2.27. The molecule has 24 heavy (non-hydrogen) atoms. The molecule has 0 radical (unpaired) electrons. The van der Waals surface area contributed by atoms with Gasteiger partial charge in [-0.1, -0.05) is 35.5 Å². The van der Waals surface area contributed by atoms with E-state index in [2.05, 4.69) is 20.5 Å². The molecule has 2 amide bonds. The molecule has 0 bridgehead atoms. The Kier molecular flexibility index (Phi) is 4.17. The van der Waals surface area contributed by atoms with Crippen molar-refractivity contribution in [1.29, 1.82) is 0 Å². The third kappa shape index (κ3) is 3.56. The van der Waals surface area contributed by atoms with Gasteiger partial charge >= 0.3 is 6.03 Å². The number of nitrogens with one attached hydrogen (secondary N) is 1. The number of rotatable bonds is 4. The Bertz CT molecular complexity index is 688. The van der Waals surface area contributed by atoms with Crippen molar-refractivity contribution in [2.45, 2.75) is 25.4 Å². The van der Waals surface area contributed by atoms with Gasteiger partial charge in [-0.15, -0.1) is 5.10 Å². The number of carbonyl (C=O) groups excluding carboxylic acids is 1. The molecule has 2 aliphatic rings. The van der Waals surface area contributed by atoms with Gasteiger partial charge in [0, 0.05) is 32.2 Å². The van der Waals surface area contributed by atoms with Gasteiger partial charge in [0.25, 0.3) is 0 Å². The Labute approximate surface area is 141 Å². The molecule has 1 aromatic carbocycles. The van der Waals surface area contributed by atoms with Gasteiger partial charge in [-0.25, -0.2) is 9.48 Å². The molecular formula is C17H22N6O. The Morgan fingerprint density at radius 1 is 1.12 bits per heavy atom. The molecule has 0 spiro atoms.